The number of nitrogens with one attached hydrogen (secondary N) is 1. The summed E-state index contributed by atoms with van der Waals surface area (Å²) in [5.74, 6) is 0.205. The monoisotopic (exact) mass is 249 g/mol. The van der Waals surface area contributed by atoms with Gasteiger partial charge in [-0.1, -0.05) is 6.92 Å². The maximum Gasteiger partial charge on any atom is 0.254 e. The minimum atomic E-state index is -0.581. The van der Waals surface area contributed by atoms with Crippen LogP contribution in [0.1, 0.15) is 29.9 Å². The molecule has 2 N–H and O–H groups in total. The van der Waals surface area contributed by atoms with Gasteiger partial charge in [0.1, 0.15) is 6.33 Å². The van der Waals surface area contributed by atoms with Crippen LogP contribution in [-0.2, 0) is 6.42 Å². The molecule has 18 heavy (non-hydrogen) atoms. The van der Waals surface area contributed by atoms with E-state index >= 15 is 0 Å². The van der Waals surface area contributed by atoms with Crippen molar-refractivity contribution in [2.24, 2.45) is 0 Å². The molecule has 1 atom stereocenters. The van der Waals surface area contributed by atoms with Gasteiger partial charge in [-0.25, -0.2) is 9.50 Å². The smallest absolute Gasteiger partial charge is 0.254 e. The molecular weight excluding hydrogens is 234 g/mol. The minimum Gasteiger partial charge on any atom is -0.392 e. The number of hydrogen-bond donors (Lipinski definition) is 2. The predicted molar refractivity (Wildman–Crippen MR) is 64.2 cm³/mol. The van der Waals surface area contributed by atoms with E-state index in [9.17, 15) is 4.79 Å². The van der Waals surface area contributed by atoms with Crippen LogP contribution >= 0.6 is 0 Å². The van der Waals surface area contributed by atoms with Crippen molar-refractivity contribution in [2.75, 3.05) is 6.54 Å². The van der Waals surface area contributed by atoms with E-state index in [-0.39, 0.29) is 12.5 Å². The Morgan fingerprint density at radius 2 is 2.33 bits per heavy atom. The number of hydrogen-bond acceptors (Lipinski definition) is 5. The lowest BCUT2D eigenvalue weighted by atomic mass is 10.2. The summed E-state index contributed by atoms with van der Waals surface area (Å²) >= 11 is 0. The summed E-state index contributed by atoms with van der Waals surface area (Å²) in [6.45, 7) is 3.75. The maximum atomic E-state index is 12.0. The molecule has 0 aliphatic carbocycles. The zero-order valence-electron chi connectivity index (χ0n) is 10.3. The van der Waals surface area contributed by atoms with Crippen LogP contribution in [0.5, 0.6) is 0 Å². The highest BCUT2D eigenvalue weighted by atomic mass is 16.3. The average Bonchev–Trinajstić information content (AvgIpc) is 2.82. The number of aryl methyl sites for hydroxylation is 1. The van der Waals surface area contributed by atoms with Crippen LogP contribution in [0.3, 0.4) is 0 Å². The second kappa shape index (κ2) is 5.09. The Morgan fingerprint density at radius 1 is 1.56 bits per heavy atom. The van der Waals surface area contributed by atoms with Crippen LogP contribution in [-0.4, -0.2) is 43.2 Å². The topological polar surface area (TPSA) is 92.4 Å². The van der Waals surface area contributed by atoms with Gasteiger partial charge in [-0.3, -0.25) is 4.79 Å². The van der Waals surface area contributed by atoms with Crippen LogP contribution in [0, 0.1) is 0 Å². The number of aliphatic hydroxyl groups is 1. The van der Waals surface area contributed by atoms with Crippen molar-refractivity contribution in [1.82, 2.24) is 24.9 Å². The Morgan fingerprint density at radius 3 is 3.00 bits per heavy atom. The highest BCUT2D eigenvalue weighted by Crippen LogP contribution is 2.09. The van der Waals surface area contributed by atoms with Crippen LogP contribution in [0.4, 0.5) is 0 Å². The van der Waals surface area contributed by atoms with Crippen molar-refractivity contribution in [2.45, 2.75) is 26.4 Å². The highest BCUT2D eigenvalue weighted by Gasteiger charge is 2.15. The predicted octanol–water partition coefficient (Wildman–Crippen LogP) is -0.203. The fourth-order valence-corrected chi connectivity index (χ4v) is 1.69. The van der Waals surface area contributed by atoms with Crippen molar-refractivity contribution in [3.8, 4) is 0 Å². The summed E-state index contributed by atoms with van der Waals surface area (Å²) < 4.78 is 1.55. The molecular formula is C11H15N5O2. The first-order chi connectivity index (χ1) is 8.63. The lowest BCUT2D eigenvalue weighted by molar-refractivity contribution is 0.0922. The molecule has 1 amide bonds. The van der Waals surface area contributed by atoms with Crippen LogP contribution in [0.15, 0.2) is 12.5 Å². The number of aromatic nitrogens is 4. The standard InChI is InChI=1S/C11H15N5O2/c1-3-9-8(10(18)12-4-7(2)17)5-13-11-14-6-15-16(9)11/h5-7,17H,3-4H2,1-2H3,(H,12,18)/t7-/m1/s1. The van der Waals surface area contributed by atoms with Gasteiger partial charge in [-0.15, -0.1) is 0 Å². The van der Waals surface area contributed by atoms with E-state index < -0.39 is 6.10 Å². The summed E-state index contributed by atoms with van der Waals surface area (Å²) in [5.41, 5.74) is 1.21. The second-order valence-electron chi connectivity index (χ2n) is 4.00. The molecule has 0 aromatic carbocycles. The number of aliphatic hydroxyl groups excluding tert-OH is 1. The first-order valence-corrected chi connectivity index (χ1v) is 5.77. The molecule has 2 rings (SSSR count). The Hall–Kier alpha value is -2.02. The molecule has 0 radical (unpaired) electrons. The quantitative estimate of drug-likeness (QED) is 0.782. The van der Waals surface area contributed by atoms with Gasteiger partial charge < -0.3 is 10.4 Å². The fraction of sp³-hybridized carbons (Fsp3) is 0.455. The molecule has 0 aliphatic rings. The molecule has 2 aromatic heterocycles. The van der Waals surface area contributed by atoms with E-state index in [1.54, 1.807) is 11.4 Å². The lowest BCUT2D eigenvalue weighted by Gasteiger charge is -2.10. The Bertz CT molecular complexity index is 564. The van der Waals surface area contributed by atoms with Gasteiger partial charge in [0, 0.05) is 12.7 Å². The third-order valence-corrected chi connectivity index (χ3v) is 2.54. The molecule has 0 saturated heterocycles. The van der Waals surface area contributed by atoms with Gasteiger partial charge in [0.25, 0.3) is 11.7 Å². The second-order valence-corrected chi connectivity index (χ2v) is 4.00. The first-order valence-electron chi connectivity index (χ1n) is 5.77. The zero-order chi connectivity index (χ0) is 13.1. The SMILES string of the molecule is CCc1c(C(=O)NC[C@@H](C)O)cnc2ncnn12. The molecule has 7 nitrogen and oxygen atoms in total. The summed E-state index contributed by atoms with van der Waals surface area (Å²) in [7, 11) is 0. The van der Waals surface area contributed by atoms with Gasteiger partial charge in [0.05, 0.1) is 17.4 Å². The van der Waals surface area contributed by atoms with Gasteiger partial charge >= 0.3 is 0 Å². The van der Waals surface area contributed by atoms with Gasteiger partial charge in [0.2, 0.25) is 0 Å². The number of amides is 1. The summed E-state index contributed by atoms with van der Waals surface area (Å²) in [6.07, 6.45) is 2.95. The molecule has 96 valence electrons. The molecule has 2 heterocycles. The Labute approximate surface area is 104 Å². The van der Waals surface area contributed by atoms with Crippen molar-refractivity contribution in [1.29, 1.82) is 0 Å². The Balaban J connectivity index is 2.34. The molecule has 0 aliphatic heterocycles. The minimum absolute atomic E-state index is 0.206. The van der Waals surface area contributed by atoms with Gasteiger partial charge in [0.15, 0.2) is 0 Å². The maximum absolute atomic E-state index is 12.0. The molecule has 0 saturated carbocycles. The van der Waals surface area contributed by atoms with Crippen LogP contribution in [0.2, 0.25) is 0 Å². The number of carbonyl (C=O) groups is 1. The fourth-order valence-electron chi connectivity index (χ4n) is 1.69. The molecule has 0 bridgehead atoms. The third-order valence-electron chi connectivity index (χ3n) is 2.54. The molecule has 0 fully saturated rings. The normalized spacial score (nSPS) is 12.6. The largest absolute Gasteiger partial charge is 0.392 e. The molecule has 7 heteroatoms. The summed E-state index contributed by atoms with van der Waals surface area (Å²) in [6, 6.07) is 0. The van der Waals surface area contributed by atoms with Crippen molar-refractivity contribution in [3.63, 3.8) is 0 Å². The number of fused-ring (bicyclic) bond motifs is 1. The Kier molecular flexibility index (Phi) is 3.52. The summed E-state index contributed by atoms with van der Waals surface area (Å²) in [4.78, 5) is 20.0. The van der Waals surface area contributed by atoms with E-state index in [1.165, 1.54) is 12.5 Å². The zero-order valence-corrected chi connectivity index (χ0v) is 10.3. The van der Waals surface area contributed by atoms with Crippen LogP contribution < -0.4 is 5.32 Å². The molecule has 0 spiro atoms. The van der Waals surface area contributed by atoms with E-state index in [4.69, 9.17) is 5.11 Å². The van der Waals surface area contributed by atoms with Crippen molar-refractivity contribution < 1.29 is 9.90 Å². The van der Waals surface area contributed by atoms with Crippen molar-refractivity contribution >= 4 is 11.7 Å². The van der Waals surface area contributed by atoms with Crippen LogP contribution in [0.25, 0.3) is 5.78 Å². The lowest BCUT2D eigenvalue weighted by Crippen LogP contribution is -2.31. The average molecular weight is 249 g/mol. The van der Waals surface area contributed by atoms with E-state index in [0.29, 0.717) is 17.8 Å². The molecule has 2 aromatic rings. The third kappa shape index (κ3) is 2.30. The van der Waals surface area contributed by atoms with Gasteiger partial charge in [-0.05, 0) is 13.3 Å². The summed E-state index contributed by atoms with van der Waals surface area (Å²) in [5, 5.41) is 15.8. The number of carbonyl (C=O) groups excluding carboxylic acids is 1. The van der Waals surface area contributed by atoms with E-state index in [2.05, 4.69) is 20.4 Å². The van der Waals surface area contributed by atoms with Crippen molar-refractivity contribution in [3.05, 3.63) is 23.8 Å². The number of rotatable bonds is 4. The number of nitrogens with zero attached hydrogens (tertiary/aromatic N) is 4. The first kappa shape index (κ1) is 12.4. The van der Waals surface area contributed by atoms with E-state index in [0.717, 1.165) is 5.69 Å². The highest BCUT2D eigenvalue weighted by molar-refractivity contribution is 5.95. The van der Waals surface area contributed by atoms with Gasteiger partial charge in [-0.2, -0.15) is 10.1 Å². The molecule has 0 unspecified atom stereocenters. The van der Waals surface area contributed by atoms with E-state index in [1.807, 2.05) is 6.92 Å².